The molecule has 0 saturated heterocycles. The summed E-state index contributed by atoms with van der Waals surface area (Å²) in [6.45, 7) is 0. The number of rotatable bonds is 2. The van der Waals surface area contributed by atoms with Crippen molar-refractivity contribution in [2.75, 3.05) is 0 Å². The van der Waals surface area contributed by atoms with E-state index in [0.717, 1.165) is 0 Å². The molecule has 1 atom stereocenters. The van der Waals surface area contributed by atoms with Crippen LogP contribution in [0.3, 0.4) is 0 Å². The Morgan fingerprint density at radius 3 is 2.33 bits per heavy atom. The Bertz CT molecular complexity index is 71.2. The Morgan fingerprint density at radius 2 is 2.33 bits per heavy atom. The third kappa shape index (κ3) is 4.63. The molecule has 0 aromatic heterocycles. The van der Waals surface area contributed by atoms with Crippen LogP contribution in [0.2, 0.25) is 0 Å². The van der Waals surface area contributed by atoms with Crippen LogP contribution in [-0.4, -0.2) is 41.0 Å². The number of hydrogen-bond donors (Lipinski definition) is 1. The van der Waals surface area contributed by atoms with Crippen molar-refractivity contribution >= 4 is 35.8 Å². The summed E-state index contributed by atoms with van der Waals surface area (Å²) in [5, 5.41) is 7.82. The van der Waals surface area contributed by atoms with Crippen molar-refractivity contribution < 1.29 is 13.0 Å². The molecule has 0 heterocycles. The molecule has 0 aliphatic rings. The maximum absolute atomic E-state index is 9.60. The zero-order chi connectivity index (χ0) is 4.99. The van der Waals surface area contributed by atoms with E-state index in [4.69, 9.17) is 5.11 Å². The first kappa shape index (κ1) is 6.63. The molecule has 0 aromatic rings. The van der Waals surface area contributed by atoms with Crippen LogP contribution < -0.4 is 0 Å². The van der Waals surface area contributed by atoms with E-state index in [2.05, 4.69) is 0 Å². The summed E-state index contributed by atoms with van der Waals surface area (Å²) in [6, 6.07) is 0. The predicted molar refractivity (Wildman–Crippen MR) is 23.0 cm³/mol. The molecule has 1 N–H and O–H groups in total. The Morgan fingerprint density at radius 1 is 1.83 bits per heavy atom. The van der Waals surface area contributed by atoms with E-state index in [1.54, 1.807) is 0 Å². The summed E-state index contributed by atoms with van der Waals surface area (Å²) in [5.74, 6) is 0. The van der Waals surface area contributed by atoms with Crippen LogP contribution in [0, 0.1) is 0 Å². The van der Waals surface area contributed by atoms with E-state index in [9.17, 15) is 7.87 Å². The fourth-order valence-corrected chi connectivity index (χ4v) is 1.76. The summed E-state index contributed by atoms with van der Waals surface area (Å²) >= 11 is -2.70. The van der Waals surface area contributed by atoms with Crippen LogP contribution in [0.5, 0.6) is 0 Å². The molecule has 0 saturated carbocycles. The Balaban J connectivity index is 3.05. The first-order chi connectivity index (χ1) is 2.77. The van der Waals surface area contributed by atoms with Gasteiger partial charge in [0.2, 0.25) is 0 Å². The quantitative estimate of drug-likeness (QED) is 0.632. The third-order valence-corrected chi connectivity index (χ3v) is 6.36. The topological polar surface area (TPSA) is 54.4 Å². The molecule has 0 rings (SSSR count). The summed E-state index contributed by atoms with van der Waals surface area (Å²) < 4.78 is 8.79. The van der Waals surface area contributed by atoms with Crippen LogP contribution in [0.1, 0.15) is 0 Å². The first-order valence-corrected chi connectivity index (χ1v) is 13.4. The van der Waals surface area contributed by atoms with Crippen molar-refractivity contribution in [3.8, 4) is 0 Å². The minimum absolute atomic E-state index is 0.814. The second kappa shape index (κ2) is 3.80. The fraction of sp³-hybridized carbons (Fsp3) is 0. The normalized spacial score (nSPS) is 9.33. The van der Waals surface area contributed by atoms with E-state index < -0.39 is 35.8 Å². The molecule has 0 aliphatic carbocycles. The van der Waals surface area contributed by atoms with Gasteiger partial charge in [0.25, 0.3) is 0 Å². The summed E-state index contributed by atoms with van der Waals surface area (Å²) in [4.78, 5) is 9.50. The standard InChI is InChI=1S/CH2AsO2.O.Sn.H/c2-1(3)4;;;/h2H,(H,3,4);;;/q-1;;+1;. The van der Waals surface area contributed by atoms with Crippen LogP contribution in [0.25, 0.3) is 0 Å². The second-order valence-electron chi connectivity index (χ2n) is 0.567. The van der Waals surface area contributed by atoms with Crippen molar-refractivity contribution in [2.24, 2.45) is 0 Å². The monoisotopic (exact) mass is 258 g/mol. The molecule has 3 nitrogen and oxygen atoms in total. The van der Waals surface area contributed by atoms with Crippen molar-refractivity contribution in [1.29, 1.82) is 0 Å². The molecular weight excluding hydrogens is 254 g/mol. The van der Waals surface area contributed by atoms with Gasteiger partial charge in [-0.15, -0.1) is 0 Å². The zero-order valence-corrected chi connectivity index (χ0v) is 8.23. The van der Waals surface area contributed by atoms with E-state index >= 15 is 0 Å². The van der Waals surface area contributed by atoms with Crippen LogP contribution >= 0.6 is 0 Å². The van der Waals surface area contributed by atoms with Gasteiger partial charge in [-0.1, -0.05) is 0 Å². The summed E-state index contributed by atoms with van der Waals surface area (Å²) in [5.41, 5.74) is 0. The van der Waals surface area contributed by atoms with Gasteiger partial charge in [0.05, 0.1) is 0 Å². The molecule has 0 radical (unpaired) electrons. The number of carboxylic acid groups (broad SMARTS) is 1. The molecule has 0 spiro atoms. The van der Waals surface area contributed by atoms with Crippen molar-refractivity contribution in [3.05, 3.63) is 0 Å². The second-order valence-corrected chi connectivity index (χ2v) is 10.3. The summed E-state index contributed by atoms with van der Waals surface area (Å²) in [6.07, 6.45) is 0. The molecular formula is CH3AsO3Sn. The molecule has 1 unspecified atom stereocenters. The Kier molecular flexibility index (Phi) is 4.20. The SMILES string of the molecule is [O]=[SnH][AsH]C(=O)O. The van der Waals surface area contributed by atoms with Gasteiger partial charge >= 0.3 is 48.8 Å². The maximum atomic E-state index is 9.60. The predicted octanol–water partition coefficient (Wildman–Crippen LogP) is -1.20. The third-order valence-electron chi connectivity index (χ3n) is 0.182. The van der Waals surface area contributed by atoms with Gasteiger partial charge in [-0.05, 0) is 0 Å². The van der Waals surface area contributed by atoms with Crippen molar-refractivity contribution in [1.82, 2.24) is 0 Å². The van der Waals surface area contributed by atoms with Gasteiger partial charge in [0.1, 0.15) is 0 Å². The molecule has 0 aliphatic heterocycles. The molecule has 6 heavy (non-hydrogen) atoms. The van der Waals surface area contributed by atoms with E-state index in [-0.39, 0.29) is 0 Å². The van der Waals surface area contributed by atoms with E-state index in [0.29, 0.717) is 0 Å². The minimum atomic E-state index is -1.71. The molecule has 0 aromatic carbocycles. The van der Waals surface area contributed by atoms with Crippen LogP contribution in [0.4, 0.5) is 4.79 Å². The van der Waals surface area contributed by atoms with Crippen LogP contribution in [0.15, 0.2) is 0 Å². The first-order valence-electron chi connectivity index (χ1n) is 1.20. The Hall–Kier alpha value is 0.627. The molecule has 0 fully saturated rings. The van der Waals surface area contributed by atoms with Gasteiger partial charge < -0.3 is 0 Å². The van der Waals surface area contributed by atoms with Gasteiger partial charge in [-0.2, -0.15) is 0 Å². The van der Waals surface area contributed by atoms with Gasteiger partial charge in [-0.3, -0.25) is 0 Å². The van der Waals surface area contributed by atoms with E-state index in [1.165, 1.54) is 0 Å². The summed E-state index contributed by atoms with van der Waals surface area (Å²) in [7, 11) is 0. The molecule has 0 amide bonds. The van der Waals surface area contributed by atoms with Gasteiger partial charge in [0.15, 0.2) is 0 Å². The van der Waals surface area contributed by atoms with Crippen LogP contribution in [-0.2, 0) is 3.08 Å². The average molecular weight is 257 g/mol. The fourth-order valence-electron chi connectivity index (χ4n) is 0.0504. The van der Waals surface area contributed by atoms with Crippen molar-refractivity contribution in [2.45, 2.75) is 0 Å². The number of carbonyl (C=O) groups is 1. The average Bonchev–Trinajstić information content (AvgIpc) is 1.35. The molecule has 5 heteroatoms. The van der Waals surface area contributed by atoms with Gasteiger partial charge in [-0.25, -0.2) is 0 Å². The zero-order valence-electron chi connectivity index (χ0n) is 2.84. The van der Waals surface area contributed by atoms with Crippen molar-refractivity contribution in [3.63, 3.8) is 0 Å². The number of hydrogen-bond acceptors (Lipinski definition) is 2. The van der Waals surface area contributed by atoms with E-state index in [1.807, 2.05) is 0 Å². The Labute approximate surface area is 48.8 Å². The molecule has 0 bridgehead atoms. The van der Waals surface area contributed by atoms with Gasteiger partial charge in [0, 0.05) is 0 Å². The molecule has 34 valence electrons.